The first-order valence-electron chi connectivity index (χ1n) is 7.48. The van der Waals surface area contributed by atoms with Gasteiger partial charge in [-0.05, 0) is 30.7 Å². The highest BCUT2D eigenvalue weighted by molar-refractivity contribution is 6.39. The highest BCUT2D eigenvalue weighted by atomic mass is 19.2. The van der Waals surface area contributed by atoms with Crippen molar-refractivity contribution >= 4 is 17.5 Å². The van der Waals surface area contributed by atoms with Crippen molar-refractivity contribution in [2.24, 2.45) is 0 Å². The summed E-state index contributed by atoms with van der Waals surface area (Å²) in [5, 5.41) is 2.13. The number of anilines is 1. The first-order chi connectivity index (χ1) is 11.5. The Hall–Kier alpha value is -2.83. The molecule has 1 unspecified atom stereocenters. The fourth-order valence-electron chi connectivity index (χ4n) is 2.81. The standard InChI is InChI=1S/C17H15F2N3O2/c1-10-11-4-3-8-20-13(11)7-9-22(10)17(24)16(23)21-14-6-2-5-12(18)15(14)19/h2-6,8,10H,7,9H2,1H3,(H,21,23). The second-order valence-electron chi connectivity index (χ2n) is 5.52. The van der Waals surface area contributed by atoms with Gasteiger partial charge in [-0.3, -0.25) is 14.6 Å². The average Bonchev–Trinajstić information content (AvgIpc) is 2.59. The number of hydrogen-bond donors (Lipinski definition) is 1. The van der Waals surface area contributed by atoms with Crippen LogP contribution in [0.2, 0.25) is 0 Å². The predicted molar refractivity (Wildman–Crippen MR) is 83.1 cm³/mol. The highest BCUT2D eigenvalue weighted by Gasteiger charge is 2.32. The Bertz CT molecular complexity index is 810. The summed E-state index contributed by atoms with van der Waals surface area (Å²) in [6.07, 6.45) is 2.22. The van der Waals surface area contributed by atoms with E-state index in [0.29, 0.717) is 13.0 Å². The minimum Gasteiger partial charge on any atom is -0.327 e. The SMILES string of the molecule is CC1c2cccnc2CCN1C(=O)C(=O)Nc1cccc(F)c1F. The Labute approximate surface area is 137 Å². The number of carbonyl (C=O) groups excluding carboxylic acids is 2. The van der Waals surface area contributed by atoms with E-state index in [0.717, 1.165) is 17.3 Å². The number of pyridine rings is 1. The van der Waals surface area contributed by atoms with Crippen LogP contribution < -0.4 is 5.32 Å². The topological polar surface area (TPSA) is 62.3 Å². The molecule has 2 amide bonds. The van der Waals surface area contributed by atoms with E-state index in [9.17, 15) is 18.4 Å². The molecule has 2 heterocycles. The maximum Gasteiger partial charge on any atom is 0.314 e. The Morgan fingerprint density at radius 3 is 2.83 bits per heavy atom. The van der Waals surface area contributed by atoms with Gasteiger partial charge >= 0.3 is 11.8 Å². The minimum atomic E-state index is -1.19. The predicted octanol–water partition coefficient (Wildman–Crippen LogP) is 2.44. The maximum atomic E-state index is 13.6. The summed E-state index contributed by atoms with van der Waals surface area (Å²) in [4.78, 5) is 30.2. The number of amides is 2. The van der Waals surface area contributed by atoms with Gasteiger partial charge in [0.25, 0.3) is 0 Å². The molecule has 3 rings (SSSR count). The molecule has 1 aromatic carbocycles. The van der Waals surface area contributed by atoms with Gasteiger partial charge in [-0.25, -0.2) is 8.78 Å². The summed E-state index contributed by atoms with van der Waals surface area (Å²) >= 11 is 0. The third kappa shape index (κ3) is 2.84. The summed E-state index contributed by atoms with van der Waals surface area (Å²) in [6, 6.07) is 6.69. The van der Waals surface area contributed by atoms with Crippen LogP contribution in [0, 0.1) is 11.6 Å². The van der Waals surface area contributed by atoms with Crippen molar-refractivity contribution in [1.82, 2.24) is 9.88 Å². The highest BCUT2D eigenvalue weighted by Crippen LogP contribution is 2.28. The van der Waals surface area contributed by atoms with E-state index in [-0.39, 0.29) is 11.7 Å². The molecule has 24 heavy (non-hydrogen) atoms. The van der Waals surface area contributed by atoms with Gasteiger partial charge < -0.3 is 10.2 Å². The van der Waals surface area contributed by atoms with E-state index < -0.39 is 23.4 Å². The van der Waals surface area contributed by atoms with Crippen molar-refractivity contribution in [3.63, 3.8) is 0 Å². The Balaban J connectivity index is 1.77. The summed E-state index contributed by atoms with van der Waals surface area (Å²) in [5.74, 6) is -4.08. The van der Waals surface area contributed by atoms with Crippen LogP contribution in [-0.2, 0) is 16.0 Å². The second-order valence-corrected chi connectivity index (χ2v) is 5.52. The smallest absolute Gasteiger partial charge is 0.314 e. The number of rotatable bonds is 1. The molecule has 0 bridgehead atoms. The zero-order chi connectivity index (χ0) is 17.3. The lowest BCUT2D eigenvalue weighted by Gasteiger charge is -2.34. The number of aromatic nitrogens is 1. The van der Waals surface area contributed by atoms with E-state index in [1.165, 1.54) is 17.0 Å². The molecule has 1 aromatic heterocycles. The summed E-state index contributed by atoms with van der Waals surface area (Å²) in [6.45, 7) is 2.14. The van der Waals surface area contributed by atoms with Crippen LogP contribution in [0.5, 0.6) is 0 Å². The van der Waals surface area contributed by atoms with E-state index in [2.05, 4.69) is 10.3 Å². The van der Waals surface area contributed by atoms with Crippen LogP contribution in [0.15, 0.2) is 36.5 Å². The van der Waals surface area contributed by atoms with Crippen LogP contribution >= 0.6 is 0 Å². The molecule has 0 saturated heterocycles. The Kier molecular flexibility index (Phi) is 4.24. The summed E-state index contributed by atoms with van der Waals surface area (Å²) in [5.41, 5.74) is 1.41. The quantitative estimate of drug-likeness (QED) is 0.817. The van der Waals surface area contributed by atoms with Crippen molar-refractivity contribution < 1.29 is 18.4 Å². The molecular formula is C17H15F2N3O2. The van der Waals surface area contributed by atoms with Gasteiger partial charge in [0.2, 0.25) is 0 Å². The average molecular weight is 331 g/mol. The van der Waals surface area contributed by atoms with Crippen LogP contribution in [0.4, 0.5) is 14.5 Å². The fourth-order valence-corrected chi connectivity index (χ4v) is 2.81. The van der Waals surface area contributed by atoms with Crippen molar-refractivity contribution in [1.29, 1.82) is 0 Å². The molecule has 1 N–H and O–H groups in total. The molecule has 0 spiro atoms. The molecular weight excluding hydrogens is 316 g/mol. The monoisotopic (exact) mass is 331 g/mol. The van der Waals surface area contributed by atoms with Crippen LogP contribution in [-0.4, -0.2) is 28.2 Å². The van der Waals surface area contributed by atoms with Gasteiger partial charge in [0, 0.05) is 24.9 Å². The van der Waals surface area contributed by atoms with Gasteiger partial charge in [0.05, 0.1) is 11.7 Å². The number of halogens is 2. The normalized spacial score (nSPS) is 16.5. The molecule has 0 fully saturated rings. The molecule has 0 radical (unpaired) electrons. The zero-order valence-corrected chi connectivity index (χ0v) is 12.9. The van der Waals surface area contributed by atoms with Gasteiger partial charge in [-0.2, -0.15) is 0 Å². The lowest BCUT2D eigenvalue weighted by molar-refractivity contribution is -0.145. The van der Waals surface area contributed by atoms with Crippen molar-refractivity contribution in [3.8, 4) is 0 Å². The van der Waals surface area contributed by atoms with Gasteiger partial charge in [-0.1, -0.05) is 12.1 Å². The number of fused-ring (bicyclic) bond motifs is 1. The third-order valence-electron chi connectivity index (χ3n) is 4.09. The first kappa shape index (κ1) is 16.0. The molecule has 2 aromatic rings. The van der Waals surface area contributed by atoms with Crippen molar-refractivity contribution in [2.75, 3.05) is 11.9 Å². The Morgan fingerprint density at radius 2 is 2.04 bits per heavy atom. The molecule has 1 aliphatic heterocycles. The number of nitrogens with zero attached hydrogens (tertiary/aromatic N) is 2. The number of nitrogens with one attached hydrogen (secondary N) is 1. The van der Waals surface area contributed by atoms with Crippen LogP contribution in [0.1, 0.15) is 24.2 Å². The number of benzene rings is 1. The van der Waals surface area contributed by atoms with Gasteiger partial charge in [-0.15, -0.1) is 0 Å². The fraction of sp³-hybridized carbons (Fsp3) is 0.235. The molecule has 0 saturated carbocycles. The third-order valence-corrected chi connectivity index (χ3v) is 4.09. The molecule has 5 nitrogen and oxygen atoms in total. The molecule has 7 heteroatoms. The second kappa shape index (κ2) is 6.35. The Morgan fingerprint density at radius 1 is 1.25 bits per heavy atom. The summed E-state index contributed by atoms with van der Waals surface area (Å²) in [7, 11) is 0. The minimum absolute atomic E-state index is 0.321. The molecule has 0 aliphatic carbocycles. The first-order valence-corrected chi connectivity index (χ1v) is 7.48. The molecule has 124 valence electrons. The van der Waals surface area contributed by atoms with Crippen LogP contribution in [0.3, 0.4) is 0 Å². The van der Waals surface area contributed by atoms with Crippen molar-refractivity contribution in [2.45, 2.75) is 19.4 Å². The van der Waals surface area contributed by atoms with Crippen molar-refractivity contribution in [3.05, 3.63) is 59.4 Å². The number of carbonyl (C=O) groups is 2. The lowest BCUT2D eigenvalue weighted by Crippen LogP contribution is -2.44. The van der Waals surface area contributed by atoms with Crippen LogP contribution in [0.25, 0.3) is 0 Å². The lowest BCUT2D eigenvalue weighted by atomic mass is 9.98. The van der Waals surface area contributed by atoms with E-state index >= 15 is 0 Å². The number of hydrogen-bond acceptors (Lipinski definition) is 3. The van der Waals surface area contributed by atoms with E-state index in [1.807, 2.05) is 6.07 Å². The largest absolute Gasteiger partial charge is 0.327 e. The van der Waals surface area contributed by atoms with Gasteiger partial charge in [0.1, 0.15) is 0 Å². The summed E-state index contributed by atoms with van der Waals surface area (Å²) < 4.78 is 26.8. The molecule has 1 aliphatic rings. The molecule has 1 atom stereocenters. The van der Waals surface area contributed by atoms with E-state index in [1.54, 1.807) is 19.2 Å². The maximum absolute atomic E-state index is 13.6. The van der Waals surface area contributed by atoms with E-state index in [4.69, 9.17) is 0 Å². The zero-order valence-electron chi connectivity index (χ0n) is 12.9. The van der Waals surface area contributed by atoms with Gasteiger partial charge in [0.15, 0.2) is 11.6 Å².